The maximum atomic E-state index is 4.72. The van der Waals surface area contributed by atoms with Crippen molar-refractivity contribution in [3.05, 3.63) is 12.2 Å². The Balaban J connectivity index is 2.80. The van der Waals surface area contributed by atoms with Gasteiger partial charge in [-0.3, -0.25) is 0 Å². The Morgan fingerprint density at radius 1 is 1.67 bits per heavy atom. The van der Waals surface area contributed by atoms with Crippen LogP contribution in [0.2, 0.25) is 0 Å². The molecule has 1 atom stereocenters. The fourth-order valence-corrected chi connectivity index (χ4v) is 1.19. The van der Waals surface area contributed by atoms with Crippen LogP contribution < -0.4 is 5.32 Å². The highest BCUT2D eigenvalue weighted by molar-refractivity contribution is 5.03. The first-order valence-electron chi connectivity index (χ1n) is 4.14. The van der Waals surface area contributed by atoms with Crippen LogP contribution in [0, 0.1) is 0 Å². The van der Waals surface area contributed by atoms with Crippen LogP contribution in [0.5, 0.6) is 0 Å². The van der Waals surface area contributed by atoms with Crippen molar-refractivity contribution in [3.8, 4) is 0 Å². The van der Waals surface area contributed by atoms with Crippen LogP contribution in [-0.4, -0.2) is 23.7 Å². The van der Waals surface area contributed by atoms with Crippen molar-refractivity contribution in [2.75, 3.05) is 13.6 Å². The number of likely N-dealkylation sites (N-methyl/N-ethyl adjacent to an activating group) is 1. The van der Waals surface area contributed by atoms with Gasteiger partial charge in [-0.15, -0.1) is 0 Å². The van der Waals surface area contributed by atoms with Gasteiger partial charge in [0.05, 0.1) is 0 Å². The first kappa shape index (κ1) is 9.19. The summed E-state index contributed by atoms with van der Waals surface area (Å²) < 4.78 is 4.72. The lowest BCUT2D eigenvalue weighted by Crippen LogP contribution is -2.34. The summed E-state index contributed by atoms with van der Waals surface area (Å²) in [6, 6.07) is 0. The highest BCUT2D eigenvalue weighted by Crippen LogP contribution is 2.22. The van der Waals surface area contributed by atoms with Crippen molar-refractivity contribution in [1.82, 2.24) is 15.5 Å². The molecule has 0 fully saturated rings. The molecular weight excluding hydrogens is 154 g/mol. The van der Waals surface area contributed by atoms with Crippen molar-refractivity contribution in [2.45, 2.75) is 25.7 Å². The topological polar surface area (TPSA) is 51.0 Å². The Morgan fingerprint density at radius 2 is 2.42 bits per heavy atom. The monoisotopic (exact) mass is 169 g/mol. The highest BCUT2D eigenvalue weighted by atomic mass is 16.5. The van der Waals surface area contributed by atoms with Crippen molar-refractivity contribution in [2.24, 2.45) is 0 Å². The molecule has 68 valence electrons. The van der Waals surface area contributed by atoms with Gasteiger partial charge in [-0.1, -0.05) is 19.0 Å². The Hall–Kier alpha value is -0.900. The van der Waals surface area contributed by atoms with Gasteiger partial charge >= 0.3 is 0 Å². The predicted octanol–water partition coefficient (Wildman–Crippen LogP) is 0.957. The van der Waals surface area contributed by atoms with Crippen LogP contribution in [0.15, 0.2) is 10.9 Å². The molecule has 1 rings (SSSR count). The SMILES string of the molecule is CCC(C)(CNC)c1ncon1. The van der Waals surface area contributed by atoms with Crippen LogP contribution in [0.25, 0.3) is 0 Å². The van der Waals surface area contributed by atoms with E-state index in [4.69, 9.17) is 4.52 Å². The fraction of sp³-hybridized carbons (Fsp3) is 0.750. The first-order chi connectivity index (χ1) is 5.73. The van der Waals surface area contributed by atoms with Gasteiger partial charge in [0.2, 0.25) is 6.39 Å². The van der Waals surface area contributed by atoms with E-state index < -0.39 is 0 Å². The molecule has 1 unspecified atom stereocenters. The molecule has 0 saturated heterocycles. The second kappa shape index (κ2) is 3.67. The third kappa shape index (κ3) is 1.64. The zero-order valence-electron chi connectivity index (χ0n) is 7.79. The molecule has 0 spiro atoms. The van der Waals surface area contributed by atoms with Crippen molar-refractivity contribution >= 4 is 0 Å². The van der Waals surface area contributed by atoms with E-state index in [0.29, 0.717) is 0 Å². The molecule has 4 nitrogen and oxygen atoms in total. The molecule has 0 bridgehead atoms. The summed E-state index contributed by atoms with van der Waals surface area (Å²) in [6.45, 7) is 5.10. The predicted molar refractivity (Wildman–Crippen MR) is 45.9 cm³/mol. The quantitative estimate of drug-likeness (QED) is 0.729. The molecule has 0 aliphatic carbocycles. The lowest BCUT2D eigenvalue weighted by Gasteiger charge is -2.23. The van der Waals surface area contributed by atoms with Gasteiger partial charge in [-0.25, -0.2) is 0 Å². The first-order valence-corrected chi connectivity index (χ1v) is 4.14. The summed E-state index contributed by atoms with van der Waals surface area (Å²) in [4.78, 5) is 4.06. The van der Waals surface area contributed by atoms with Crippen molar-refractivity contribution in [3.63, 3.8) is 0 Å². The molecule has 1 heterocycles. The van der Waals surface area contributed by atoms with E-state index in [2.05, 4.69) is 29.3 Å². The lowest BCUT2D eigenvalue weighted by molar-refractivity contribution is 0.360. The minimum absolute atomic E-state index is 0.0122. The minimum Gasteiger partial charge on any atom is -0.343 e. The van der Waals surface area contributed by atoms with Gasteiger partial charge in [0.15, 0.2) is 5.82 Å². The molecule has 4 heteroatoms. The average Bonchev–Trinajstić information content (AvgIpc) is 2.57. The molecule has 0 aliphatic rings. The van der Waals surface area contributed by atoms with E-state index in [-0.39, 0.29) is 5.41 Å². The van der Waals surface area contributed by atoms with Crippen LogP contribution >= 0.6 is 0 Å². The molecule has 0 amide bonds. The Kier molecular flexibility index (Phi) is 2.81. The third-order valence-electron chi connectivity index (χ3n) is 2.25. The van der Waals surface area contributed by atoms with Crippen molar-refractivity contribution < 1.29 is 4.52 Å². The zero-order chi connectivity index (χ0) is 9.03. The number of rotatable bonds is 4. The Labute approximate surface area is 72.4 Å². The van der Waals surface area contributed by atoms with Crippen LogP contribution in [0.3, 0.4) is 0 Å². The number of nitrogens with one attached hydrogen (secondary N) is 1. The normalized spacial score (nSPS) is 15.9. The standard InChI is InChI=1S/C8H15N3O/c1-4-8(2,5-9-3)7-10-6-12-11-7/h6,9H,4-5H2,1-3H3. The summed E-state index contributed by atoms with van der Waals surface area (Å²) >= 11 is 0. The second-order valence-electron chi connectivity index (χ2n) is 3.20. The van der Waals surface area contributed by atoms with Gasteiger partial charge in [0.25, 0.3) is 0 Å². The van der Waals surface area contributed by atoms with E-state index in [1.54, 1.807) is 0 Å². The fourth-order valence-electron chi connectivity index (χ4n) is 1.19. The smallest absolute Gasteiger partial charge is 0.213 e. The summed E-state index contributed by atoms with van der Waals surface area (Å²) in [5.74, 6) is 0.777. The van der Waals surface area contributed by atoms with Crippen LogP contribution in [0.4, 0.5) is 0 Å². The molecule has 1 N–H and O–H groups in total. The number of nitrogens with zero attached hydrogens (tertiary/aromatic N) is 2. The van der Waals surface area contributed by atoms with E-state index in [1.807, 2.05) is 7.05 Å². The lowest BCUT2D eigenvalue weighted by atomic mass is 9.87. The minimum atomic E-state index is -0.0122. The maximum absolute atomic E-state index is 4.72. The van der Waals surface area contributed by atoms with Gasteiger partial charge in [-0.2, -0.15) is 4.98 Å². The van der Waals surface area contributed by atoms with E-state index >= 15 is 0 Å². The second-order valence-corrected chi connectivity index (χ2v) is 3.20. The Morgan fingerprint density at radius 3 is 2.83 bits per heavy atom. The van der Waals surface area contributed by atoms with E-state index in [0.717, 1.165) is 18.8 Å². The summed E-state index contributed by atoms with van der Waals surface area (Å²) in [5.41, 5.74) is -0.0122. The van der Waals surface area contributed by atoms with Gasteiger partial charge in [0.1, 0.15) is 0 Å². The van der Waals surface area contributed by atoms with E-state index in [1.165, 1.54) is 6.39 Å². The van der Waals surface area contributed by atoms with Crippen LogP contribution in [0.1, 0.15) is 26.1 Å². The number of aromatic nitrogens is 2. The molecule has 1 aromatic rings. The molecule has 12 heavy (non-hydrogen) atoms. The van der Waals surface area contributed by atoms with Gasteiger partial charge in [0, 0.05) is 12.0 Å². The molecule has 0 saturated carbocycles. The van der Waals surface area contributed by atoms with Crippen LogP contribution in [-0.2, 0) is 5.41 Å². The average molecular weight is 169 g/mol. The molecule has 0 aliphatic heterocycles. The molecule has 0 aromatic carbocycles. The maximum Gasteiger partial charge on any atom is 0.213 e. The van der Waals surface area contributed by atoms with Gasteiger partial charge in [-0.05, 0) is 13.5 Å². The number of hydrogen-bond acceptors (Lipinski definition) is 4. The van der Waals surface area contributed by atoms with E-state index in [9.17, 15) is 0 Å². The summed E-state index contributed by atoms with van der Waals surface area (Å²) in [5, 5.41) is 6.98. The molecule has 1 aromatic heterocycles. The highest BCUT2D eigenvalue weighted by Gasteiger charge is 2.28. The zero-order valence-corrected chi connectivity index (χ0v) is 7.79. The third-order valence-corrected chi connectivity index (χ3v) is 2.25. The summed E-state index contributed by atoms with van der Waals surface area (Å²) in [7, 11) is 1.92. The summed E-state index contributed by atoms with van der Waals surface area (Å²) in [6.07, 6.45) is 2.37. The largest absolute Gasteiger partial charge is 0.343 e. The van der Waals surface area contributed by atoms with Crippen molar-refractivity contribution in [1.29, 1.82) is 0 Å². The Bertz CT molecular complexity index is 222. The molecule has 0 radical (unpaired) electrons. The number of hydrogen-bond donors (Lipinski definition) is 1. The van der Waals surface area contributed by atoms with Gasteiger partial charge < -0.3 is 9.84 Å². The molecular formula is C8H15N3O.